The maximum absolute atomic E-state index is 6.08. The molecule has 0 heterocycles. The van der Waals surface area contributed by atoms with Crippen molar-refractivity contribution in [2.45, 2.75) is 25.2 Å². The Morgan fingerprint density at radius 2 is 1.76 bits per heavy atom. The Kier molecular flexibility index (Phi) is 2.68. The first-order valence-electron chi connectivity index (χ1n) is 6.10. The third-order valence-electron chi connectivity index (χ3n) is 3.75. The number of halogens is 1. The van der Waals surface area contributed by atoms with Crippen molar-refractivity contribution < 1.29 is 0 Å². The molecule has 0 spiro atoms. The Morgan fingerprint density at radius 3 is 2.53 bits per heavy atom. The lowest BCUT2D eigenvalue weighted by Gasteiger charge is -2.11. The second-order valence-electron chi connectivity index (χ2n) is 4.87. The zero-order valence-electron chi connectivity index (χ0n) is 9.86. The lowest BCUT2D eigenvalue weighted by atomic mass is 9.93. The van der Waals surface area contributed by atoms with Crippen molar-refractivity contribution in [3.8, 4) is 0 Å². The Balaban J connectivity index is 2.08. The van der Waals surface area contributed by atoms with E-state index in [1.54, 1.807) is 0 Å². The van der Waals surface area contributed by atoms with E-state index >= 15 is 0 Å². The zero-order valence-corrected chi connectivity index (χ0v) is 10.6. The van der Waals surface area contributed by atoms with Crippen molar-refractivity contribution in [2.24, 2.45) is 0 Å². The molecular weight excluding hydrogens is 228 g/mol. The maximum atomic E-state index is 6.08. The number of benzene rings is 2. The molecule has 86 valence electrons. The van der Waals surface area contributed by atoms with Gasteiger partial charge in [0, 0.05) is 10.9 Å². The van der Waals surface area contributed by atoms with E-state index in [1.165, 1.54) is 23.1 Å². The van der Waals surface area contributed by atoms with Crippen LogP contribution in [0.1, 0.15) is 41.9 Å². The van der Waals surface area contributed by atoms with Crippen molar-refractivity contribution in [3.05, 3.63) is 70.2 Å². The van der Waals surface area contributed by atoms with E-state index in [4.69, 9.17) is 11.6 Å². The highest BCUT2D eigenvalue weighted by molar-refractivity contribution is 6.30. The molecule has 1 aliphatic carbocycles. The predicted molar refractivity (Wildman–Crippen MR) is 72.8 cm³/mol. The smallest absolute Gasteiger partial charge is 0.0409 e. The summed E-state index contributed by atoms with van der Waals surface area (Å²) in [5.41, 5.74) is 4.29. The molecule has 2 aromatic carbocycles. The minimum atomic E-state index is 0.540. The predicted octanol–water partition coefficient (Wildman–Crippen LogP) is 4.98. The Labute approximate surface area is 107 Å². The maximum Gasteiger partial charge on any atom is 0.0409 e. The molecule has 0 aliphatic heterocycles. The second-order valence-corrected chi connectivity index (χ2v) is 5.31. The minimum absolute atomic E-state index is 0.540. The molecule has 0 saturated heterocycles. The van der Waals surface area contributed by atoms with E-state index in [0.717, 1.165) is 5.02 Å². The molecule has 17 heavy (non-hydrogen) atoms. The van der Waals surface area contributed by atoms with Gasteiger partial charge >= 0.3 is 0 Å². The Hall–Kier alpha value is -1.27. The van der Waals surface area contributed by atoms with Crippen LogP contribution in [0.3, 0.4) is 0 Å². The van der Waals surface area contributed by atoms with Gasteiger partial charge in [-0.25, -0.2) is 0 Å². The van der Waals surface area contributed by atoms with Gasteiger partial charge < -0.3 is 0 Å². The molecule has 2 atom stereocenters. The summed E-state index contributed by atoms with van der Waals surface area (Å²) in [6, 6.07) is 17.1. The molecule has 2 aromatic rings. The van der Waals surface area contributed by atoms with Crippen LogP contribution in [-0.2, 0) is 0 Å². The molecule has 0 aromatic heterocycles. The van der Waals surface area contributed by atoms with Crippen LogP contribution < -0.4 is 0 Å². The first-order chi connectivity index (χ1) is 8.25. The molecular formula is C16H15Cl. The summed E-state index contributed by atoms with van der Waals surface area (Å²) in [6.45, 7) is 2.29. The van der Waals surface area contributed by atoms with Crippen LogP contribution in [0.15, 0.2) is 48.5 Å². The number of rotatable bonds is 1. The first-order valence-corrected chi connectivity index (χ1v) is 6.48. The third-order valence-corrected chi connectivity index (χ3v) is 3.98. The number of hydrogen-bond donors (Lipinski definition) is 0. The molecule has 1 aliphatic rings. The highest BCUT2D eigenvalue weighted by atomic mass is 35.5. The van der Waals surface area contributed by atoms with E-state index in [9.17, 15) is 0 Å². The van der Waals surface area contributed by atoms with Crippen LogP contribution in [0.4, 0.5) is 0 Å². The van der Waals surface area contributed by atoms with Crippen LogP contribution in [0.25, 0.3) is 0 Å². The SMILES string of the molecule is C[C@H]1C[C@@H](c2ccccc2)c2ccc(Cl)cc21. The summed E-state index contributed by atoms with van der Waals surface area (Å²) in [4.78, 5) is 0. The minimum Gasteiger partial charge on any atom is -0.0843 e. The van der Waals surface area contributed by atoms with Gasteiger partial charge in [0.05, 0.1) is 0 Å². The van der Waals surface area contributed by atoms with Crippen molar-refractivity contribution in [3.63, 3.8) is 0 Å². The number of fused-ring (bicyclic) bond motifs is 1. The molecule has 0 bridgehead atoms. The molecule has 1 heteroatoms. The van der Waals surface area contributed by atoms with Gasteiger partial charge in [0.1, 0.15) is 0 Å². The summed E-state index contributed by atoms with van der Waals surface area (Å²) in [5.74, 6) is 1.15. The topological polar surface area (TPSA) is 0 Å². The van der Waals surface area contributed by atoms with E-state index in [2.05, 4.69) is 49.4 Å². The summed E-state index contributed by atoms with van der Waals surface area (Å²) in [5, 5.41) is 0.851. The van der Waals surface area contributed by atoms with E-state index in [1.807, 2.05) is 6.07 Å². The van der Waals surface area contributed by atoms with Gasteiger partial charge in [0.25, 0.3) is 0 Å². The van der Waals surface area contributed by atoms with Crippen molar-refractivity contribution in [2.75, 3.05) is 0 Å². The zero-order chi connectivity index (χ0) is 11.8. The van der Waals surface area contributed by atoms with Gasteiger partial charge in [0.2, 0.25) is 0 Å². The van der Waals surface area contributed by atoms with Gasteiger partial charge in [0.15, 0.2) is 0 Å². The lowest BCUT2D eigenvalue weighted by Crippen LogP contribution is -1.95. The summed E-state index contributed by atoms with van der Waals surface area (Å²) in [7, 11) is 0. The molecule has 0 N–H and O–H groups in total. The van der Waals surface area contributed by atoms with Gasteiger partial charge in [-0.3, -0.25) is 0 Å². The van der Waals surface area contributed by atoms with Gasteiger partial charge in [-0.05, 0) is 41.2 Å². The molecule has 0 radical (unpaired) electrons. The fourth-order valence-corrected chi connectivity index (χ4v) is 3.08. The standard InChI is InChI=1S/C16H15Cl/c1-11-9-16(12-5-3-2-4-6-12)14-8-7-13(17)10-15(11)14/h2-8,10-11,16H,9H2,1H3/t11-,16-/m0/s1. The van der Waals surface area contributed by atoms with Crippen LogP contribution in [-0.4, -0.2) is 0 Å². The number of hydrogen-bond acceptors (Lipinski definition) is 0. The summed E-state index contributed by atoms with van der Waals surface area (Å²) >= 11 is 6.08. The fourth-order valence-electron chi connectivity index (χ4n) is 2.90. The fraction of sp³-hybridized carbons (Fsp3) is 0.250. The second kappa shape index (κ2) is 4.19. The van der Waals surface area contributed by atoms with E-state index in [-0.39, 0.29) is 0 Å². The molecule has 3 rings (SSSR count). The van der Waals surface area contributed by atoms with Gasteiger partial charge in [-0.2, -0.15) is 0 Å². The average molecular weight is 243 g/mol. The summed E-state index contributed by atoms with van der Waals surface area (Å²) in [6.07, 6.45) is 1.19. The Morgan fingerprint density at radius 1 is 1.00 bits per heavy atom. The molecule has 0 nitrogen and oxygen atoms in total. The van der Waals surface area contributed by atoms with Crippen molar-refractivity contribution >= 4 is 11.6 Å². The quantitative estimate of drug-likeness (QED) is 0.662. The Bertz CT molecular complexity index is 530. The van der Waals surface area contributed by atoms with Crippen LogP contribution in [0.5, 0.6) is 0 Å². The third kappa shape index (κ3) is 1.87. The highest BCUT2D eigenvalue weighted by Gasteiger charge is 2.29. The largest absolute Gasteiger partial charge is 0.0843 e. The molecule has 0 amide bonds. The normalized spacial score (nSPS) is 22.5. The van der Waals surface area contributed by atoms with Crippen LogP contribution >= 0.6 is 11.6 Å². The van der Waals surface area contributed by atoms with E-state index in [0.29, 0.717) is 11.8 Å². The van der Waals surface area contributed by atoms with Crippen LogP contribution in [0.2, 0.25) is 5.02 Å². The van der Waals surface area contributed by atoms with Gasteiger partial charge in [-0.1, -0.05) is 54.9 Å². The van der Waals surface area contributed by atoms with Crippen molar-refractivity contribution in [1.82, 2.24) is 0 Å². The lowest BCUT2D eigenvalue weighted by molar-refractivity contribution is 0.686. The monoisotopic (exact) mass is 242 g/mol. The molecule has 0 saturated carbocycles. The van der Waals surface area contributed by atoms with Crippen LogP contribution in [0, 0.1) is 0 Å². The molecule has 0 fully saturated rings. The van der Waals surface area contributed by atoms with Gasteiger partial charge in [-0.15, -0.1) is 0 Å². The van der Waals surface area contributed by atoms with Crippen molar-refractivity contribution in [1.29, 1.82) is 0 Å². The molecule has 0 unspecified atom stereocenters. The first kappa shape index (κ1) is 10.9. The average Bonchev–Trinajstić information content (AvgIpc) is 2.68. The summed E-state index contributed by atoms with van der Waals surface area (Å²) < 4.78 is 0. The highest BCUT2D eigenvalue weighted by Crippen LogP contribution is 2.45. The van der Waals surface area contributed by atoms with E-state index < -0.39 is 0 Å².